The summed E-state index contributed by atoms with van der Waals surface area (Å²) < 4.78 is 1.14. The van der Waals surface area contributed by atoms with Gasteiger partial charge in [0.05, 0.1) is 0 Å². The lowest BCUT2D eigenvalue weighted by molar-refractivity contribution is -0.121. The molecule has 0 amide bonds. The first-order chi connectivity index (χ1) is 9.13. The SMILES string of the molecule is CN(CCc1ccc(Br)cc1)CC1CCC(=O)CC1. The van der Waals surface area contributed by atoms with E-state index < -0.39 is 0 Å². The van der Waals surface area contributed by atoms with Gasteiger partial charge in [0.2, 0.25) is 0 Å². The Morgan fingerprint density at radius 2 is 1.84 bits per heavy atom. The Hall–Kier alpha value is -0.670. The largest absolute Gasteiger partial charge is 0.306 e. The monoisotopic (exact) mass is 323 g/mol. The molecule has 0 N–H and O–H groups in total. The van der Waals surface area contributed by atoms with Gasteiger partial charge in [-0.05, 0) is 49.9 Å². The van der Waals surface area contributed by atoms with Crippen LogP contribution in [0.5, 0.6) is 0 Å². The zero-order valence-electron chi connectivity index (χ0n) is 11.6. The summed E-state index contributed by atoms with van der Waals surface area (Å²) in [6, 6.07) is 8.55. The van der Waals surface area contributed by atoms with E-state index in [0.29, 0.717) is 11.7 Å². The van der Waals surface area contributed by atoms with Crippen LogP contribution in [-0.2, 0) is 11.2 Å². The minimum absolute atomic E-state index is 0.453. The molecule has 1 aromatic carbocycles. The summed E-state index contributed by atoms with van der Waals surface area (Å²) in [6.45, 7) is 2.22. The van der Waals surface area contributed by atoms with Crippen LogP contribution in [-0.4, -0.2) is 30.8 Å². The fraction of sp³-hybridized carbons (Fsp3) is 0.562. The van der Waals surface area contributed by atoms with Crippen molar-refractivity contribution in [3.63, 3.8) is 0 Å². The maximum Gasteiger partial charge on any atom is 0.132 e. The van der Waals surface area contributed by atoms with Gasteiger partial charge in [0, 0.05) is 30.4 Å². The van der Waals surface area contributed by atoms with E-state index in [2.05, 4.69) is 52.1 Å². The highest BCUT2D eigenvalue weighted by molar-refractivity contribution is 9.10. The quantitative estimate of drug-likeness (QED) is 0.823. The predicted octanol–water partition coefficient (Wildman–Crippen LogP) is 3.68. The third kappa shape index (κ3) is 5.07. The molecule has 0 spiro atoms. The molecule has 104 valence electrons. The smallest absolute Gasteiger partial charge is 0.132 e. The van der Waals surface area contributed by atoms with Gasteiger partial charge in [-0.2, -0.15) is 0 Å². The highest BCUT2D eigenvalue weighted by Gasteiger charge is 2.19. The minimum atomic E-state index is 0.453. The summed E-state index contributed by atoms with van der Waals surface area (Å²) in [7, 11) is 2.19. The predicted molar refractivity (Wildman–Crippen MR) is 82.3 cm³/mol. The molecule has 2 nitrogen and oxygen atoms in total. The molecule has 1 fully saturated rings. The molecule has 1 saturated carbocycles. The first-order valence-electron chi connectivity index (χ1n) is 7.08. The van der Waals surface area contributed by atoms with Gasteiger partial charge in [-0.25, -0.2) is 0 Å². The third-order valence-electron chi connectivity index (χ3n) is 3.93. The average molecular weight is 324 g/mol. The topological polar surface area (TPSA) is 20.3 Å². The standard InChI is InChI=1S/C16H22BrNO/c1-18(12-14-4-8-16(19)9-5-14)11-10-13-2-6-15(17)7-3-13/h2-3,6-7,14H,4-5,8-12H2,1H3. The average Bonchev–Trinajstić information content (AvgIpc) is 2.41. The normalized spacial score (nSPS) is 17.1. The minimum Gasteiger partial charge on any atom is -0.306 e. The summed E-state index contributed by atoms with van der Waals surface area (Å²) in [6.07, 6.45) is 4.86. The van der Waals surface area contributed by atoms with Gasteiger partial charge in [-0.1, -0.05) is 28.1 Å². The Labute approximate surface area is 124 Å². The summed E-state index contributed by atoms with van der Waals surface area (Å²) in [5, 5.41) is 0. The van der Waals surface area contributed by atoms with Crippen LogP contribution >= 0.6 is 15.9 Å². The van der Waals surface area contributed by atoms with E-state index in [1.165, 1.54) is 5.56 Å². The molecule has 0 unspecified atom stereocenters. The summed E-state index contributed by atoms with van der Waals surface area (Å²) in [4.78, 5) is 13.6. The van der Waals surface area contributed by atoms with Crippen molar-refractivity contribution in [1.29, 1.82) is 0 Å². The van der Waals surface area contributed by atoms with Gasteiger partial charge in [-0.3, -0.25) is 4.79 Å². The van der Waals surface area contributed by atoms with Crippen molar-refractivity contribution in [2.75, 3.05) is 20.1 Å². The van der Waals surface area contributed by atoms with Crippen molar-refractivity contribution < 1.29 is 4.79 Å². The molecule has 0 aromatic heterocycles. The number of carbonyl (C=O) groups excluding carboxylic acids is 1. The first-order valence-corrected chi connectivity index (χ1v) is 7.87. The highest BCUT2D eigenvalue weighted by atomic mass is 79.9. The maximum atomic E-state index is 11.2. The molecule has 1 aliphatic carbocycles. The fourth-order valence-electron chi connectivity index (χ4n) is 2.69. The van der Waals surface area contributed by atoms with Crippen LogP contribution in [0.4, 0.5) is 0 Å². The lowest BCUT2D eigenvalue weighted by atomic mass is 9.88. The lowest BCUT2D eigenvalue weighted by Crippen LogP contribution is -2.30. The van der Waals surface area contributed by atoms with Crippen LogP contribution in [0.15, 0.2) is 28.7 Å². The van der Waals surface area contributed by atoms with E-state index in [4.69, 9.17) is 0 Å². The van der Waals surface area contributed by atoms with Crippen molar-refractivity contribution in [2.45, 2.75) is 32.1 Å². The molecule has 19 heavy (non-hydrogen) atoms. The van der Waals surface area contributed by atoms with Crippen molar-refractivity contribution in [3.8, 4) is 0 Å². The molecule has 0 atom stereocenters. The summed E-state index contributed by atoms with van der Waals surface area (Å²) in [5.74, 6) is 1.17. The molecule has 0 saturated heterocycles. The molecule has 0 bridgehead atoms. The maximum absolute atomic E-state index is 11.2. The number of rotatable bonds is 5. The number of likely N-dealkylation sites (N-methyl/N-ethyl adjacent to an activating group) is 1. The van der Waals surface area contributed by atoms with Gasteiger partial charge in [0.1, 0.15) is 5.78 Å². The van der Waals surface area contributed by atoms with Crippen molar-refractivity contribution >= 4 is 21.7 Å². The van der Waals surface area contributed by atoms with Crippen LogP contribution in [0.3, 0.4) is 0 Å². The zero-order valence-corrected chi connectivity index (χ0v) is 13.2. The van der Waals surface area contributed by atoms with E-state index in [9.17, 15) is 4.79 Å². The summed E-state index contributed by atoms with van der Waals surface area (Å²) in [5.41, 5.74) is 1.38. The fourth-order valence-corrected chi connectivity index (χ4v) is 2.95. The van der Waals surface area contributed by atoms with E-state index in [-0.39, 0.29) is 0 Å². The number of Topliss-reactive ketones (excluding diaryl/α,β-unsaturated/α-hetero) is 1. The second kappa shape index (κ2) is 7.20. The van der Waals surface area contributed by atoms with Crippen LogP contribution in [0.1, 0.15) is 31.2 Å². The van der Waals surface area contributed by atoms with Crippen LogP contribution in [0, 0.1) is 5.92 Å². The van der Waals surface area contributed by atoms with Gasteiger partial charge >= 0.3 is 0 Å². The van der Waals surface area contributed by atoms with E-state index in [1.54, 1.807) is 0 Å². The Morgan fingerprint density at radius 3 is 2.47 bits per heavy atom. The molecule has 1 aliphatic rings. The third-order valence-corrected chi connectivity index (χ3v) is 4.46. The Morgan fingerprint density at radius 1 is 1.21 bits per heavy atom. The Balaban J connectivity index is 1.71. The van der Waals surface area contributed by atoms with Gasteiger partial charge < -0.3 is 4.90 Å². The number of hydrogen-bond acceptors (Lipinski definition) is 2. The molecular weight excluding hydrogens is 302 g/mol. The Kier molecular flexibility index (Phi) is 5.59. The second-order valence-electron chi connectivity index (χ2n) is 5.62. The first kappa shape index (κ1) is 14.7. The van der Waals surface area contributed by atoms with Crippen LogP contribution < -0.4 is 0 Å². The molecule has 1 aromatic rings. The highest BCUT2D eigenvalue weighted by Crippen LogP contribution is 2.22. The molecule has 2 rings (SSSR count). The number of carbonyl (C=O) groups is 1. The summed E-state index contributed by atoms with van der Waals surface area (Å²) >= 11 is 3.46. The molecule has 3 heteroatoms. The van der Waals surface area contributed by atoms with Gasteiger partial charge in [-0.15, -0.1) is 0 Å². The molecule has 0 aliphatic heterocycles. The van der Waals surface area contributed by atoms with Gasteiger partial charge in [0.25, 0.3) is 0 Å². The number of hydrogen-bond donors (Lipinski definition) is 0. The van der Waals surface area contributed by atoms with Crippen LogP contribution in [0.2, 0.25) is 0 Å². The van der Waals surface area contributed by atoms with Crippen molar-refractivity contribution in [2.24, 2.45) is 5.92 Å². The van der Waals surface area contributed by atoms with Crippen molar-refractivity contribution in [1.82, 2.24) is 4.90 Å². The molecular formula is C16H22BrNO. The van der Waals surface area contributed by atoms with E-state index in [0.717, 1.165) is 49.7 Å². The van der Waals surface area contributed by atoms with Gasteiger partial charge in [0.15, 0.2) is 0 Å². The lowest BCUT2D eigenvalue weighted by Gasteiger charge is -2.26. The Bertz CT molecular complexity index is 405. The van der Waals surface area contributed by atoms with Crippen LogP contribution in [0.25, 0.3) is 0 Å². The number of ketones is 1. The van der Waals surface area contributed by atoms with E-state index >= 15 is 0 Å². The second-order valence-corrected chi connectivity index (χ2v) is 6.54. The number of nitrogens with zero attached hydrogens (tertiary/aromatic N) is 1. The van der Waals surface area contributed by atoms with Crippen molar-refractivity contribution in [3.05, 3.63) is 34.3 Å². The number of benzene rings is 1. The van der Waals surface area contributed by atoms with E-state index in [1.807, 2.05) is 0 Å². The molecule has 0 heterocycles. The number of halogens is 1. The zero-order chi connectivity index (χ0) is 13.7. The molecule has 0 radical (unpaired) electrons.